The highest BCUT2D eigenvalue weighted by molar-refractivity contribution is 5.83. The maximum absolute atomic E-state index is 9.76. The first-order valence-electron chi connectivity index (χ1n) is 7.74. The zero-order chi connectivity index (χ0) is 16.2. The summed E-state index contributed by atoms with van der Waals surface area (Å²) in [7, 11) is 0. The van der Waals surface area contributed by atoms with Gasteiger partial charge >= 0.3 is 0 Å². The van der Waals surface area contributed by atoms with Gasteiger partial charge in [0.2, 0.25) is 0 Å². The molecule has 0 aromatic heterocycles. The Hall–Kier alpha value is -2.69. The van der Waals surface area contributed by atoms with Crippen LogP contribution in [0.5, 0.6) is 11.5 Å². The monoisotopic (exact) mass is 311 g/mol. The summed E-state index contributed by atoms with van der Waals surface area (Å²) in [5.41, 5.74) is 3.12. The summed E-state index contributed by atoms with van der Waals surface area (Å²) in [6, 6.07) is 13.1. The molecular weight excluding hydrogens is 290 g/mol. The first kappa shape index (κ1) is 15.2. The topological polar surface area (TPSA) is 59.3 Å². The van der Waals surface area contributed by atoms with Crippen molar-refractivity contribution in [3.8, 4) is 11.5 Å². The first-order valence-corrected chi connectivity index (χ1v) is 7.74. The fourth-order valence-electron chi connectivity index (χ4n) is 2.61. The third kappa shape index (κ3) is 3.74. The molecule has 1 heterocycles. The molecule has 3 rings (SSSR count). The van der Waals surface area contributed by atoms with Gasteiger partial charge in [-0.15, -0.1) is 0 Å². The number of phenolic OH excluding ortho intramolecular Hbond substituents is 2. The van der Waals surface area contributed by atoms with Gasteiger partial charge in [-0.25, -0.2) is 0 Å². The lowest BCUT2D eigenvalue weighted by Crippen LogP contribution is -2.44. The predicted molar refractivity (Wildman–Crippen MR) is 92.3 cm³/mol. The van der Waals surface area contributed by atoms with Gasteiger partial charge in [-0.2, -0.15) is 5.10 Å². The van der Waals surface area contributed by atoms with Crippen LogP contribution in [0.4, 0.5) is 5.69 Å². The Morgan fingerprint density at radius 2 is 1.65 bits per heavy atom. The minimum atomic E-state index is 0.0343. The number of hydrazone groups is 1. The Balaban J connectivity index is 1.58. The first-order chi connectivity index (χ1) is 11.1. The van der Waals surface area contributed by atoms with Crippen LogP contribution in [0.3, 0.4) is 0 Å². The van der Waals surface area contributed by atoms with Crippen LogP contribution in [0, 0.1) is 6.92 Å². The summed E-state index contributed by atoms with van der Waals surface area (Å²) in [6.07, 6.45) is 1.64. The van der Waals surface area contributed by atoms with E-state index in [4.69, 9.17) is 0 Å². The molecule has 5 nitrogen and oxygen atoms in total. The lowest BCUT2D eigenvalue weighted by Gasteiger charge is -2.34. The zero-order valence-electron chi connectivity index (χ0n) is 13.2. The van der Waals surface area contributed by atoms with E-state index in [0.717, 1.165) is 26.2 Å². The molecule has 0 aliphatic carbocycles. The number of phenols is 2. The van der Waals surface area contributed by atoms with Crippen molar-refractivity contribution >= 4 is 11.9 Å². The van der Waals surface area contributed by atoms with Crippen molar-refractivity contribution in [2.24, 2.45) is 5.10 Å². The van der Waals surface area contributed by atoms with Crippen LogP contribution in [0.1, 0.15) is 11.1 Å². The van der Waals surface area contributed by atoms with E-state index in [1.54, 1.807) is 12.3 Å². The number of nitrogens with zero attached hydrogens (tertiary/aromatic N) is 3. The van der Waals surface area contributed by atoms with Gasteiger partial charge in [0, 0.05) is 30.4 Å². The lowest BCUT2D eigenvalue weighted by molar-refractivity contribution is 0.272. The van der Waals surface area contributed by atoms with E-state index in [2.05, 4.69) is 41.2 Å². The van der Waals surface area contributed by atoms with E-state index in [1.165, 1.54) is 23.4 Å². The van der Waals surface area contributed by atoms with E-state index in [9.17, 15) is 10.2 Å². The summed E-state index contributed by atoms with van der Waals surface area (Å²) >= 11 is 0. The van der Waals surface area contributed by atoms with E-state index in [1.807, 2.05) is 5.01 Å². The van der Waals surface area contributed by atoms with Crippen LogP contribution in [-0.4, -0.2) is 47.6 Å². The number of benzene rings is 2. The third-order valence-corrected chi connectivity index (χ3v) is 4.03. The van der Waals surface area contributed by atoms with Crippen LogP contribution < -0.4 is 4.90 Å². The summed E-state index contributed by atoms with van der Waals surface area (Å²) < 4.78 is 0. The Morgan fingerprint density at radius 3 is 2.30 bits per heavy atom. The van der Waals surface area contributed by atoms with Gasteiger partial charge in [-0.05, 0) is 31.2 Å². The van der Waals surface area contributed by atoms with Gasteiger partial charge in [0.25, 0.3) is 0 Å². The van der Waals surface area contributed by atoms with Crippen molar-refractivity contribution in [1.29, 1.82) is 0 Å². The van der Waals surface area contributed by atoms with Crippen molar-refractivity contribution in [2.45, 2.75) is 6.92 Å². The molecule has 0 atom stereocenters. The van der Waals surface area contributed by atoms with Crippen molar-refractivity contribution in [3.63, 3.8) is 0 Å². The molecule has 5 heteroatoms. The van der Waals surface area contributed by atoms with Crippen LogP contribution >= 0.6 is 0 Å². The normalized spacial score (nSPS) is 15.3. The van der Waals surface area contributed by atoms with Gasteiger partial charge < -0.3 is 15.1 Å². The molecule has 0 spiro atoms. The predicted octanol–water partition coefficient (Wildman–Crippen LogP) is 2.56. The molecule has 1 fully saturated rings. The molecule has 0 bridgehead atoms. The molecule has 0 unspecified atom stereocenters. The minimum Gasteiger partial charge on any atom is -0.508 e. The van der Waals surface area contributed by atoms with Gasteiger partial charge in [-0.1, -0.05) is 17.7 Å². The Morgan fingerprint density at radius 1 is 0.957 bits per heavy atom. The van der Waals surface area contributed by atoms with Crippen LogP contribution in [0.25, 0.3) is 0 Å². The van der Waals surface area contributed by atoms with E-state index >= 15 is 0 Å². The van der Waals surface area contributed by atoms with Crippen LogP contribution in [0.2, 0.25) is 0 Å². The van der Waals surface area contributed by atoms with E-state index < -0.39 is 0 Å². The minimum absolute atomic E-state index is 0.0343. The fourth-order valence-corrected chi connectivity index (χ4v) is 2.61. The van der Waals surface area contributed by atoms with Crippen molar-refractivity contribution < 1.29 is 10.2 Å². The lowest BCUT2D eigenvalue weighted by atomic mass is 10.2. The molecule has 0 radical (unpaired) electrons. The standard InChI is InChI=1S/C18H21N3O2/c1-14-2-5-16(6-3-14)20-8-10-21(11-9-20)19-13-15-4-7-17(22)12-18(15)23/h2-7,12-13,22-23H,8-11H2,1H3. The van der Waals surface area contributed by atoms with Gasteiger partial charge in [-0.3, -0.25) is 5.01 Å². The summed E-state index contributed by atoms with van der Waals surface area (Å²) in [4.78, 5) is 2.35. The number of anilines is 1. The molecule has 1 aliphatic heterocycles. The summed E-state index contributed by atoms with van der Waals surface area (Å²) in [5, 5.41) is 25.5. The Kier molecular flexibility index (Phi) is 4.37. The molecule has 1 aliphatic rings. The zero-order valence-corrected chi connectivity index (χ0v) is 13.2. The van der Waals surface area contributed by atoms with Gasteiger partial charge in [0.15, 0.2) is 0 Å². The molecule has 1 saturated heterocycles. The fraction of sp³-hybridized carbons (Fsp3) is 0.278. The quantitative estimate of drug-likeness (QED) is 0.855. The molecule has 23 heavy (non-hydrogen) atoms. The maximum atomic E-state index is 9.76. The van der Waals surface area contributed by atoms with Crippen LogP contribution in [0.15, 0.2) is 47.6 Å². The average molecular weight is 311 g/mol. The molecule has 2 aromatic carbocycles. The summed E-state index contributed by atoms with van der Waals surface area (Å²) in [6.45, 7) is 5.60. The number of hydrogen-bond acceptors (Lipinski definition) is 5. The smallest absolute Gasteiger partial charge is 0.128 e. The number of rotatable bonds is 3. The van der Waals surface area contributed by atoms with Crippen molar-refractivity contribution in [1.82, 2.24) is 5.01 Å². The number of piperazine rings is 1. The van der Waals surface area contributed by atoms with E-state index in [-0.39, 0.29) is 11.5 Å². The number of aromatic hydroxyl groups is 2. The highest BCUT2D eigenvalue weighted by Gasteiger charge is 2.15. The number of hydrogen-bond donors (Lipinski definition) is 2. The second-order valence-corrected chi connectivity index (χ2v) is 5.76. The Labute approximate surface area is 136 Å². The third-order valence-electron chi connectivity index (χ3n) is 4.03. The highest BCUT2D eigenvalue weighted by Crippen LogP contribution is 2.21. The van der Waals surface area contributed by atoms with Gasteiger partial charge in [0.1, 0.15) is 11.5 Å². The van der Waals surface area contributed by atoms with Crippen molar-refractivity contribution in [3.05, 3.63) is 53.6 Å². The second kappa shape index (κ2) is 6.60. The van der Waals surface area contributed by atoms with E-state index in [0.29, 0.717) is 5.56 Å². The molecular formula is C18H21N3O2. The molecule has 0 amide bonds. The molecule has 2 N–H and O–H groups in total. The molecule has 120 valence electrons. The Bertz CT molecular complexity index is 690. The maximum Gasteiger partial charge on any atom is 0.128 e. The largest absolute Gasteiger partial charge is 0.508 e. The van der Waals surface area contributed by atoms with Crippen LogP contribution in [-0.2, 0) is 0 Å². The second-order valence-electron chi connectivity index (χ2n) is 5.76. The SMILES string of the molecule is Cc1ccc(N2CCN(N=Cc3ccc(O)cc3O)CC2)cc1. The van der Waals surface area contributed by atoms with Gasteiger partial charge in [0.05, 0.1) is 19.3 Å². The number of aryl methyl sites for hydroxylation is 1. The molecule has 0 saturated carbocycles. The van der Waals surface area contributed by atoms with Crippen molar-refractivity contribution in [2.75, 3.05) is 31.1 Å². The summed E-state index contributed by atoms with van der Waals surface area (Å²) in [5.74, 6) is 0.0819. The average Bonchev–Trinajstić information content (AvgIpc) is 2.55. The highest BCUT2D eigenvalue weighted by atomic mass is 16.3. The molecule has 2 aromatic rings.